The predicted molar refractivity (Wildman–Crippen MR) is 58.3 cm³/mol. The second kappa shape index (κ2) is 4.92. The fraction of sp³-hybridized carbons (Fsp3) is 0.250. The lowest BCUT2D eigenvalue weighted by Crippen LogP contribution is -2.05. The van der Waals surface area contributed by atoms with Crippen LogP contribution in [0.1, 0.15) is 10.7 Å². The molecule has 16 heavy (non-hydrogen) atoms. The summed E-state index contributed by atoms with van der Waals surface area (Å²) in [5.41, 5.74) is 0. The second-order valence-corrected chi connectivity index (χ2v) is 4.13. The van der Waals surface area contributed by atoms with Crippen LogP contribution < -0.4 is 5.32 Å². The Hall–Kier alpha value is -1.65. The average molecular weight is 256 g/mol. The summed E-state index contributed by atoms with van der Waals surface area (Å²) in [6.07, 6.45) is 1.90. The van der Waals surface area contributed by atoms with E-state index in [1.54, 1.807) is 0 Å². The molecule has 8 heteroatoms. The SMILES string of the molecule is N#Cc1sc(NCCc2ncon2)nc1Cl. The molecule has 0 fully saturated rings. The van der Waals surface area contributed by atoms with Gasteiger partial charge in [0.25, 0.3) is 0 Å². The third-order valence-electron chi connectivity index (χ3n) is 1.72. The van der Waals surface area contributed by atoms with Crippen molar-refractivity contribution in [3.8, 4) is 6.07 Å². The van der Waals surface area contributed by atoms with E-state index in [-0.39, 0.29) is 5.15 Å². The molecule has 0 spiro atoms. The molecular formula is C8H6ClN5OS. The molecule has 82 valence electrons. The van der Waals surface area contributed by atoms with Crippen LogP contribution in [0.15, 0.2) is 10.9 Å². The fourth-order valence-electron chi connectivity index (χ4n) is 1.03. The first kappa shape index (κ1) is 10.9. The van der Waals surface area contributed by atoms with Gasteiger partial charge in [-0.15, -0.1) is 0 Å². The molecule has 0 amide bonds. The van der Waals surface area contributed by atoms with Crippen molar-refractivity contribution in [2.24, 2.45) is 0 Å². The van der Waals surface area contributed by atoms with Gasteiger partial charge in [0.2, 0.25) is 6.39 Å². The number of thiazole rings is 1. The summed E-state index contributed by atoms with van der Waals surface area (Å²) in [7, 11) is 0. The maximum atomic E-state index is 8.68. The van der Waals surface area contributed by atoms with Crippen molar-refractivity contribution in [1.29, 1.82) is 5.26 Å². The van der Waals surface area contributed by atoms with E-state index in [4.69, 9.17) is 16.9 Å². The van der Waals surface area contributed by atoms with Crippen LogP contribution in [0.3, 0.4) is 0 Å². The minimum Gasteiger partial charge on any atom is -0.361 e. The Morgan fingerprint density at radius 1 is 1.62 bits per heavy atom. The maximum Gasteiger partial charge on any atom is 0.213 e. The Kier molecular flexibility index (Phi) is 3.34. The standard InChI is InChI=1S/C8H6ClN5OS/c9-7-5(3-10)16-8(13-7)11-2-1-6-12-4-15-14-6/h4H,1-2H2,(H,11,13). The van der Waals surface area contributed by atoms with Crippen LogP contribution >= 0.6 is 22.9 Å². The van der Waals surface area contributed by atoms with Crippen LogP contribution in [0.5, 0.6) is 0 Å². The molecule has 6 nitrogen and oxygen atoms in total. The zero-order valence-corrected chi connectivity index (χ0v) is 9.55. The van der Waals surface area contributed by atoms with Gasteiger partial charge >= 0.3 is 0 Å². The van der Waals surface area contributed by atoms with Crippen LogP contribution in [0, 0.1) is 11.3 Å². The molecule has 2 heterocycles. The van der Waals surface area contributed by atoms with E-state index >= 15 is 0 Å². The lowest BCUT2D eigenvalue weighted by molar-refractivity contribution is 0.410. The Morgan fingerprint density at radius 3 is 3.12 bits per heavy atom. The van der Waals surface area contributed by atoms with E-state index < -0.39 is 0 Å². The van der Waals surface area contributed by atoms with Gasteiger partial charge < -0.3 is 9.84 Å². The van der Waals surface area contributed by atoms with Crippen molar-refractivity contribution in [3.05, 3.63) is 22.2 Å². The Labute approximate surface area is 99.9 Å². The van der Waals surface area contributed by atoms with Crippen molar-refractivity contribution in [2.75, 3.05) is 11.9 Å². The summed E-state index contributed by atoms with van der Waals surface area (Å²) in [4.78, 5) is 8.27. The van der Waals surface area contributed by atoms with E-state index in [1.165, 1.54) is 17.7 Å². The van der Waals surface area contributed by atoms with Gasteiger partial charge in [0.15, 0.2) is 16.1 Å². The zero-order chi connectivity index (χ0) is 11.4. The van der Waals surface area contributed by atoms with E-state index in [9.17, 15) is 0 Å². The second-order valence-electron chi connectivity index (χ2n) is 2.77. The topological polar surface area (TPSA) is 87.6 Å². The molecule has 2 aromatic heterocycles. The van der Waals surface area contributed by atoms with Crippen LogP contribution in [0.25, 0.3) is 0 Å². The number of aromatic nitrogens is 3. The molecule has 0 aliphatic carbocycles. The molecule has 0 aliphatic rings. The predicted octanol–water partition coefficient (Wildman–Crippen LogP) is 1.71. The highest BCUT2D eigenvalue weighted by Crippen LogP contribution is 2.25. The molecule has 0 radical (unpaired) electrons. The van der Waals surface area contributed by atoms with Crippen LogP contribution in [0.2, 0.25) is 5.15 Å². The summed E-state index contributed by atoms with van der Waals surface area (Å²) < 4.78 is 4.59. The number of hydrogen-bond acceptors (Lipinski definition) is 7. The lowest BCUT2D eigenvalue weighted by Gasteiger charge is -1.97. The zero-order valence-electron chi connectivity index (χ0n) is 7.97. The van der Waals surface area contributed by atoms with Crippen LogP contribution in [-0.4, -0.2) is 21.7 Å². The van der Waals surface area contributed by atoms with Gasteiger partial charge in [0, 0.05) is 13.0 Å². The molecule has 0 atom stereocenters. The first-order valence-corrected chi connectivity index (χ1v) is 5.54. The maximum absolute atomic E-state index is 8.68. The molecule has 0 unspecified atom stereocenters. The largest absolute Gasteiger partial charge is 0.361 e. The number of halogens is 1. The molecule has 0 bridgehead atoms. The van der Waals surface area contributed by atoms with E-state index in [0.717, 1.165) is 0 Å². The summed E-state index contributed by atoms with van der Waals surface area (Å²) in [6, 6.07) is 1.96. The quantitative estimate of drug-likeness (QED) is 0.895. The van der Waals surface area contributed by atoms with Crippen molar-refractivity contribution in [3.63, 3.8) is 0 Å². The summed E-state index contributed by atoms with van der Waals surface area (Å²) in [5, 5.41) is 16.2. The van der Waals surface area contributed by atoms with Crippen molar-refractivity contribution >= 4 is 28.1 Å². The highest BCUT2D eigenvalue weighted by molar-refractivity contribution is 7.16. The number of anilines is 1. The highest BCUT2D eigenvalue weighted by Gasteiger charge is 2.08. The smallest absolute Gasteiger partial charge is 0.213 e. The van der Waals surface area contributed by atoms with E-state index in [0.29, 0.717) is 28.8 Å². The molecule has 0 saturated carbocycles. The number of nitriles is 1. The Bertz CT molecular complexity index is 503. The highest BCUT2D eigenvalue weighted by atomic mass is 35.5. The van der Waals surface area contributed by atoms with Gasteiger partial charge in [-0.25, -0.2) is 4.98 Å². The number of nitrogens with one attached hydrogen (secondary N) is 1. The average Bonchev–Trinajstić information content (AvgIpc) is 2.88. The van der Waals surface area contributed by atoms with Gasteiger partial charge in [0.05, 0.1) is 0 Å². The molecule has 1 N–H and O–H groups in total. The minimum absolute atomic E-state index is 0.231. The van der Waals surface area contributed by atoms with Crippen molar-refractivity contribution < 1.29 is 4.52 Å². The molecule has 2 aromatic rings. The number of hydrogen-bond donors (Lipinski definition) is 1. The minimum atomic E-state index is 0.231. The Morgan fingerprint density at radius 2 is 2.50 bits per heavy atom. The van der Waals surface area contributed by atoms with Gasteiger partial charge in [-0.2, -0.15) is 10.2 Å². The fourth-order valence-corrected chi connectivity index (χ4v) is 2.00. The summed E-state index contributed by atoms with van der Waals surface area (Å²) >= 11 is 6.94. The molecule has 0 aliphatic heterocycles. The number of rotatable bonds is 4. The first-order chi connectivity index (χ1) is 7.79. The van der Waals surface area contributed by atoms with E-state index in [1.807, 2.05) is 6.07 Å². The van der Waals surface area contributed by atoms with Crippen molar-refractivity contribution in [1.82, 2.24) is 15.1 Å². The molecule has 2 rings (SSSR count). The van der Waals surface area contributed by atoms with Crippen molar-refractivity contribution in [2.45, 2.75) is 6.42 Å². The Balaban J connectivity index is 1.88. The monoisotopic (exact) mass is 255 g/mol. The summed E-state index contributed by atoms with van der Waals surface area (Å²) in [5.74, 6) is 0.621. The first-order valence-electron chi connectivity index (χ1n) is 4.35. The molecular weight excluding hydrogens is 250 g/mol. The van der Waals surface area contributed by atoms with E-state index in [2.05, 4.69) is 25.0 Å². The molecule has 0 aromatic carbocycles. The number of nitrogens with zero attached hydrogens (tertiary/aromatic N) is 4. The van der Waals surface area contributed by atoms with Gasteiger partial charge in [-0.1, -0.05) is 28.1 Å². The van der Waals surface area contributed by atoms with Gasteiger partial charge in [0.1, 0.15) is 10.9 Å². The summed E-state index contributed by atoms with van der Waals surface area (Å²) in [6.45, 7) is 0.605. The molecule has 0 saturated heterocycles. The van der Waals surface area contributed by atoms with Crippen LogP contribution in [-0.2, 0) is 6.42 Å². The van der Waals surface area contributed by atoms with Crippen LogP contribution in [0.4, 0.5) is 5.13 Å². The van der Waals surface area contributed by atoms with Gasteiger partial charge in [-0.3, -0.25) is 0 Å². The normalized spacial score (nSPS) is 10.0. The third kappa shape index (κ3) is 2.48. The third-order valence-corrected chi connectivity index (χ3v) is 3.02. The van der Waals surface area contributed by atoms with Gasteiger partial charge in [-0.05, 0) is 0 Å². The lowest BCUT2D eigenvalue weighted by atomic mass is 10.4.